The number of carbonyl (C=O) groups excluding carboxylic acids is 1. The van der Waals surface area contributed by atoms with E-state index in [0.717, 1.165) is 11.3 Å². The number of aromatic nitrogens is 2. The summed E-state index contributed by atoms with van der Waals surface area (Å²) in [5, 5.41) is 19.1. The number of rotatable bonds is 4. The highest BCUT2D eigenvalue weighted by atomic mass is 19.1. The molecule has 27 heavy (non-hydrogen) atoms. The molecule has 2 N–H and O–H groups in total. The van der Waals surface area contributed by atoms with Crippen LogP contribution in [0.25, 0.3) is 0 Å². The van der Waals surface area contributed by atoms with Crippen LogP contribution in [0.15, 0.2) is 18.2 Å². The fourth-order valence-corrected chi connectivity index (χ4v) is 3.74. The van der Waals surface area contributed by atoms with Crippen molar-refractivity contribution in [2.45, 2.75) is 38.5 Å². The largest absolute Gasteiger partial charge is 0.369 e. The van der Waals surface area contributed by atoms with Crippen molar-refractivity contribution in [2.24, 2.45) is 5.92 Å². The molecule has 4 rings (SSSR count). The zero-order valence-corrected chi connectivity index (χ0v) is 15.3. The van der Waals surface area contributed by atoms with Crippen LogP contribution in [-0.2, 0) is 4.79 Å². The monoisotopic (exact) mass is 367 g/mol. The Labute approximate surface area is 157 Å². The number of hydrogen-bond donors (Lipinski definition) is 2. The maximum Gasteiger partial charge on any atom is 0.228 e. The number of nitrogens with one attached hydrogen (secondary N) is 2. The normalized spacial score (nSPS) is 17.6. The van der Waals surface area contributed by atoms with E-state index in [2.05, 4.69) is 15.5 Å². The number of amides is 1. The molecule has 2 aliphatic rings. The highest BCUT2D eigenvalue weighted by Crippen LogP contribution is 2.41. The summed E-state index contributed by atoms with van der Waals surface area (Å²) in [6.07, 6.45) is 3.68. The van der Waals surface area contributed by atoms with Crippen molar-refractivity contribution < 1.29 is 9.18 Å². The number of piperidine rings is 1. The van der Waals surface area contributed by atoms with E-state index in [1.807, 2.05) is 17.9 Å². The van der Waals surface area contributed by atoms with Gasteiger partial charge in [-0.3, -0.25) is 9.89 Å². The second-order valence-electron chi connectivity index (χ2n) is 7.41. The van der Waals surface area contributed by atoms with E-state index in [9.17, 15) is 9.18 Å². The van der Waals surface area contributed by atoms with E-state index >= 15 is 0 Å². The summed E-state index contributed by atoms with van der Waals surface area (Å²) in [5.41, 5.74) is 2.97. The highest BCUT2D eigenvalue weighted by Gasteiger charge is 2.30. The predicted octanol–water partition coefficient (Wildman–Crippen LogP) is 3.46. The first-order valence-electron chi connectivity index (χ1n) is 9.37. The van der Waals surface area contributed by atoms with E-state index < -0.39 is 5.82 Å². The van der Waals surface area contributed by atoms with Gasteiger partial charge >= 0.3 is 0 Å². The van der Waals surface area contributed by atoms with Gasteiger partial charge in [0.2, 0.25) is 5.91 Å². The van der Waals surface area contributed by atoms with E-state index in [1.165, 1.54) is 18.9 Å². The lowest BCUT2D eigenvalue weighted by molar-refractivity contribution is -0.120. The molecule has 7 heteroatoms. The van der Waals surface area contributed by atoms with E-state index in [1.54, 1.807) is 12.1 Å². The molecule has 0 atom stereocenters. The summed E-state index contributed by atoms with van der Waals surface area (Å²) in [6, 6.07) is 6.46. The maximum absolute atomic E-state index is 14.2. The molecule has 1 saturated carbocycles. The molecule has 0 bridgehead atoms. The van der Waals surface area contributed by atoms with Crippen LogP contribution in [-0.4, -0.2) is 29.2 Å². The van der Waals surface area contributed by atoms with Crippen molar-refractivity contribution in [2.75, 3.05) is 23.3 Å². The number of nitriles is 1. The Bertz CT molecular complexity index is 904. The first-order valence-corrected chi connectivity index (χ1v) is 9.37. The van der Waals surface area contributed by atoms with Gasteiger partial charge < -0.3 is 10.2 Å². The molecule has 2 heterocycles. The summed E-state index contributed by atoms with van der Waals surface area (Å²) in [5.74, 6) is 0.669. The Hall–Kier alpha value is -2.88. The Balaban J connectivity index is 1.36. The number of H-pyrrole nitrogens is 1. The molecule has 2 fully saturated rings. The van der Waals surface area contributed by atoms with Crippen LogP contribution in [0.5, 0.6) is 0 Å². The van der Waals surface area contributed by atoms with Crippen LogP contribution in [0.2, 0.25) is 0 Å². The number of benzene rings is 1. The van der Waals surface area contributed by atoms with Crippen LogP contribution in [0.3, 0.4) is 0 Å². The topological polar surface area (TPSA) is 84.8 Å². The molecule has 6 nitrogen and oxygen atoms in total. The van der Waals surface area contributed by atoms with Crippen molar-refractivity contribution in [3.8, 4) is 6.07 Å². The van der Waals surface area contributed by atoms with Crippen molar-refractivity contribution >= 4 is 17.4 Å². The molecular formula is C20H22FN5O. The van der Waals surface area contributed by atoms with Crippen LogP contribution in [0, 0.1) is 30.0 Å². The number of aromatic amines is 1. The number of carbonyl (C=O) groups is 1. The van der Waals surface area contributed by atoms with Gasteiger partial charge in [0, 0.05) is 36.2 Å². The average molecular weight is 367 g/mol. The molecule has 1 aromatic heterocycles. The van der Waals surface area contributed by atoms with E-state index in [0.29, 0.717) is 48.9 Å². The number of halogens is 1. The number of anilines is 2. The lowest BCUT2D eigenvalue weighted by atomic mass is 9.95. The fraction of sp³-hybridized carbons (Fsp3) is 0.450. The first-order chi connectivity index (χ1) is 13.1. The molecule has 1 aromatic carbocycles. The molecule has 1 amide bonds. The zero-order chi connectivity index (χ0) is 19.0. The molecular weight excluding hydrogens is 345 g/mol. The second-order valence-corrected chi connectivity index (χ2v) is 7.41. The van der Waals surface area contributed by atoms with Gasteiger partial charge in [-0.25, -0.2) is 4.39 Å². The van der Waals surface area contributed by atoms with Crippen molar-refractivity contribution in [3.63, 3.8) is 0 Å². The van der Waals surface area contributed by atoms with Gasteiger partial charge in [-0.2, -0.15) is 10.4 Å². The van der Waals surface area contributed by atoms with Gasteiger partial charge in [-0.1, -0.05) is 0 Å². The Kier molecular flexibility index (Phi) is 4.56. The van der Waals surface area contributed by atoms with Gasteiger partial charge in [0.25, 0.3) is 0 Å². The fourth-order valence-electron chi connectivity index (χ4n) is 3.74. The summed E-state index contributed by atoms with van der Waals surface area (Å²) in [6.45, 7) is 3.20. The molecule has 0 unspecified atom stereocenters. The SMILES string of the molecule is Cc1c(NC(=O)C2CCN(c3ccc(C#N)cc3F)CC2)n[nH]c1C1CC1. The van der Waals surface area contributed by atoms with Crippen molar-refractivity contribution in [1.29, 1.82) is 5.26 Å². The first kappa shape index (κ1) is 17.5. The standard InChI is InChI=1S/C20H22FN5O/c1-12-18(14-3-4-14)24-25-19(12)23-20(27)15-6-8-26(9-7-15)17-5-2-13(11-22)10-16(17)21/h2,5,10,14-15H,3-4,6-9H2,1H3,(H2,23,24,25,27). The summed E-state index contributed by atoms with van der Waals surface area (Å²) in [4.78, 5) is 14.6. The van der Waals surface area contributed by atoms with E-state index in [-0.39, 0.29) is 11.8 Å². The molecule has 2 aromatic rings. The van der Waals surface area contributed by atoms with Gasteiger partial charge in [-0.05, 0) is 50.8 Å². The summed E-state index contributed by atoms with van der Waals surface area (Å²) < 4.78 is 14.2. The van der Waals surface area contributed by atoms with Crippen LogP contribution in [0.1, 0.15) is 48.4 Å². The van der Waals surface area contributed by atoms with Gasteiger partial charge in [0.15, 0.2) is 5.82 Å². The van der Waals surface area contributed by atoms with Gasteiger partial charge in [-0.15, -0.1) is 0 Å². The molecule has 140 valence electrons. The molecule has 1 aliphatic carbocycles. The Morgan fingerprint density at radius 2 is 2.07 bits per heavy atom. The van der Waals surface area contributed by atoms with Gasteiger partial charge in [0.05, 0.1) is 17.3 Å². The minimum Gasteiger partial charge on any atom is -0.369 e. The quantitative estimate of drug-likeness (QED) is 0.867. The maximum atomic E-state index is 14.2. The number of hydrogen-bond acceptors (Lipinski definition) is 4. The zero-order valence-electron chi connectivity index (χ0n) is 15.3. The summed E-state index contributed by atoms with van der Waals surface area (Å²) >= 11 is 0. The molecule has 0 spiro atoms. The highest BCUT2D eigenvalue weighted by molar-refractivity contribution is 5.92. The Morgan fingerprint density at radius 3 is 2.70 bits per heavy atom. The third-order valence-corrected chi connectivity index (χ3v) is 5.56. The second kappa shape index (κ2) is 7.03. The van der Waals surface area contributed by atoms with Crippen molar-refractivity contribution in [1.82, 2.24) is 10.2 Å². The molecule has 1 aliphatic heterocycles. The third-order valence-electron chi connectivity index (χ3n) is 5.56. The summed E-state index contributed by atoms with van der Waals surface area (Å²) in [7, 11) is 0. The Morgan fingerprint density at radius 1 is 1.33 bits per heavy atom. The van der Waals surface area contributed by atoms with Crippen LogP contribution >= 0.6 is 0 Å². The van der Waals surface area contributed by atoms with Crippen LogP contribution < -0.4 is 10.2 Å². The minimum absolute atomic E-state index is 0.0214. The smallest absolute Gasteiger partial charge is 0.228 e. The number of nitrogens with zero attached hydrogens (tertiary/aromatic N) is 3. The van der Waals surface area contributed by atoms with Crippen LogP contribution in [0.4, 0.5) is 15.9 Å². The molecule has 0 radical (unpaired) electrons. The minimum atomic E-state index is -0.392. The molecule has 1 saturated heterocycles. The average Bonchev–Trinajstić information content (AvgIpc) is 3.46. The van der Waals surface area contributed by atoms with Crippen molar-refractivity contribution in [3.05, 3.63) is 40.8 Å². The lowest BCUT2D eigenvalue weighted by Crippen LogP contribution is -2.38. The third kappa shape index (κ3) is 3.52. The lowest BCUT2D eigenvalue weighted by Gasteiger charge is -2.33. The van der Waals surface area contributed by atoms with Gasteiger partial charge in [0.1, 0.15) is 5.82 Å². The predicted molar refractivity (Wildman–Crippen MR) is 100.0 cm³/mol. The van der Waals surface area contributed by atoms with E-state index in [4.69, 9.17) is 5.26 Å².